The number of benzene rings is 1. The van der Waals surface area contributed by atoms with Crippen molar-refractivity contribution in [3.63, 3.8) is 0 Å². The summed E-state index contributed by atoms with van der Waals surface area (Å²) in [5.41, 5.74) is 4.46. The first-order valence-corrected chi connectivity index (χ1v) is 15.8. The maximum absolute atomic E-state index is 12.9. The van der Waals surface area contributed by atoms with E-state index < -0.39 is 0 Å². The highest BCUT2D eigenvalue weighted by Gasteiger charge is 2.41. The van der Waals surface area contributed by atoms with Crippen LogP contribution in [0.4, 0.5) is 5.69 Å². The van der Waals surface area contributed by atoms with E-state index in [1.807, 2.05) is 24.4 Å². The molecular formula is C33H35ClN8O3. The Kier molecular flexibility index (Phi) is 7.68. The van der Waals surface area contributed by atoms with Gasteiger partial charge in [-0.15, -0.1) is 0 Å². The number of anilines is 1. The minimum atomic E-state index is -0.191. The molecule has 0 unspecified atom stereocenters. The molecule has 7 rings (SSSR count). The third-order valence-electron chi connectivity index (χ3n) is 9.10. The number of rotatable bonds is 7. The molecule has 1 amide bonds. The van der Waals surface area contributed by atoms with Gasteiger partial charge in [0, 0.05) is 36.4 Å². The lowest BCUT2D eigenvalue weighted by Crippen LogP contribution is -2.61. The lowest BCUT2D eigenvalue weighted by atomic mass is 9.92. The minimum absolute atomic E-state index is 0.110. The predicted molar refractivity (Wildman–Crippen MR) is 169 cm³/mol. The average molecular weight is 627 g/mol. The maximum atomic E-state index is 12.9. The lowest BCUT2D eigenvalue weighted by molar-refractivity contribution is -0.137. The third kappa shape index (κ3) is 5.41. The Morgan fingerprint density at radius 3 is 2.58 bits per heavy atom. The highest BCUT2D eigenvalue weighted by molar-refractivity contribution is 6.30. The molecule has 0 bridgehead atoms. The zero-order valence-corrected chi connectivity index (χ0v) is 26.4. The van der Waals surface area contributed by atoms with Gasteiger partial charge in [0.2, 0.25) is 0 Å². The van der Waals surface area contributed by atoms with Crippen LogP contribution < -0.4 is 9.64 Å². The molecule has 2 saturated heterocycles. The van der Waals surface area contributed by atoms with Gasteiger partial charge in [0.15, 0.2) is 12.3 Å². The summed E-state index contributed by atoms with van der Waals surface area (Å²) < 4.78 is 13.5. The molecular weight excluding hydrogens is 592 g/mol. The van der Waals surface area contributed by atoms with Gasteiger partial charge in [0.25, 0.3) is 5.91 Å². The second kappa shape index (κ2) is 11.7. The standard InChI is InChI=1S/C33H35ClN8O3/c1-20(2)10-26-24(12-35)31(25-15-38-42(32(25)39-26)23-6-8-40(9-7-23)33(3)18-44-19-33)21-4-5-27-28(11-21)45-17-30(43)41(27)16-29-36-13-22(34)14-37-29/h4-5,11,13-15,20,23H,6-10,16-19H2,1-3H3. The number of fused-ring (bicyclic) bond motifs is 2. The van der Waals surface area contributed by atoms with Gasteiger partial charge < -0.3 is 9.47 Å². The van der Waals surface area contributed by atoms with E-state index in [1.165, 1.54) is 12.4 Å². The van der Waals surface area contributed by atoms with E-state index in [2.05, 4.69) is 46.4 Å². The molecule has 4 aromatic rings. The number of hydrogen-bond donors (Lipinski definition) is 0. The summed E-state index contributed by atoms with van der Waals surface area (Å²) in [4.78, 5) is 30.7. The Balaban J connectivity index is 1.27. The zero-order chi connectivity index (χ0) is 31.3. The number of pyridine rings is 1. The number of ether oxygens (including phenoxy) is 2. The monoisotopic (exact) mass is 626 g/mol. The molecule has 0 N–H and O–H groups in total. The van der Waals surface area contributed by atoms with Crippen LogP contribution in [0.5, 0.6) is 5.75 Å². The predicted octanol–water partition coefficient (Wildman–Crippen LogP) is 4.96. The number of likely N-dealkylation sites (tertiary alicyclic amines) is 1. The van der Waals surface area contributed by atoms with Crippen LogP contribution in [0.15, 0.2) is 36.8 Å². The molecule has 12 heteroatoms. The molecule has 3 aliphatic rings. The van der Waals surface area contributed by atoms with Crippen molar-refractivity contribution in [2.24, 2.45) is 5.92 Å². The van der Waals surface area contributed by atoms with E-state index >= 15 is 0 Å². The number of carbonyl (C=O) groups excluding carboxylic acids is 1. The minimum Gasteiger partial charge on any atom is -0.482 e. The molecule has 0 atom stereocenters. The summed E-state index contributed by atoms with van der Waals surface area (Å²) in [5.74, 6) is 1.14. The van der Waals surface area contributed by atoms with Crippen LogP contribution in [0.1, 0.15) is 56.7 Å². The smallest absolute Gasteiger partial charge is 0.265 e. The van der Waals surface area contributed by atoms with E-state index in [9.17, 15) is 10.1 Å². The summed E-state index contributed by atoms with van der Waals surface area (Å²) in [5, 5.41) is 16.6. The first kappa shape index (κ1) is 29.6. The van der Waals surface area contributed by atoms with E-state index in [-0.39, 0.29) is 30.6 Å². The Morgan fingerprint density at radius 1 is 1.16 bits per heavy atom. The first-order chi connectivity index (χ1) is 21.7. The number of nitriles is 1. The summed E-state index contributed by atoms with van der Waals surface area (Å²) in [6.45, 7) is 10.1. The Hall–Kier alpha value is -4.11. The fourth-order valence-electron chi connectivity index (χ4n) is 6.65. The largest absolute Gasteiger partial charge is 0.482 e. The molecule has 45 heavy (non-hydrogen) atoms. The van der Waals surface area contributed by atoms with E-state index in [4.69, 9.17) is 31.2 Å². The van der Waals surface area contributed by atoms with Crippen LogP contribution in [0.3, 0.4) is 0 Å². The molecule has 0 saturated carbocycles. The normalized spacial score (nSPS) is 18.5. The number of nitrogens with zero attached hydrogens (tertiary/aromatic N) is 8. The Bertz CT molecular complexity index is 1800. The van der Waals surface area contributed by atoms with Crippen molar-refractivity contribution in [1.29, 1.82) is 5.26 Å². The number of hydrogen-bond acceptors (Lipinski definition) is 9. The van der Waals surface area contributed by atoms with Gasteiger partial charge >= 0.3 is 0 Å². The van der Waals surface area contributed by atoms with Crippen LogP contribution in [-0.2, 0) is 22.5 Å². The molecule has 3 aliphatic heterocycles. The number of halogens is 1. The van der Waals surface area contributed by atoms with Crippen molar-refractivity contribution in [3.05, 3.63) is 58.9 Å². The topological polar surface area (TPSA) is 122 Å². The summed E-state index contributed by atoms with van der Waals surface area (Å²) in [6, 6.07) is 8.38. The van der Waals surface area contributed by atoms with Crippen LogP contribution in [0.25, 0.3) is 22.2 Å². The number of carbonyl (C=O) groups is 1. The van der Waals surface area contributed by atoms with Crippen molar-refractivity contribution >= 4 is 34.2 Å². The Morgan fingerprint density at radius 2 is 1.91 bits per heavy atom. The Labute approximate surface area is 266 Å². The second-order valence-corrected chi connectivity index (χ2v) is 13.3. The highest BCUT2D eigenvalue weighted by Crippen LogP contribution is 2.41. The third-order valence-corrected chi connectivity index (χ3v) is 9.29. The van der Waals surface area contributed by atoms with E-state index in [1.54, 1.807) is 4.90 Å². The van der Waals surface area contributed by atoms with Gasteiger partial charge in [-0.2, -0.15) is 10.4 Å². The molecule has 3 aromatic heterocycles. The molecule has 0 spiro atoms. The molecule has 1 aromatic carbocycles. The average Bonchev–Trinajstić information content (AvgIpc) is 3.44. The first-order valence-electron chi connectivity index (χ1n) is 15.4. The number of piperidine rings is 1. The molecule has 6 heterocycles. The zero-order valence-electron chi connectivity index (χ0n) is 25.7. The number of aromatic nitrogens is 5. The molecule has 0 aliphatic carbocycles. The van der Waals surface area contributed by atoms with Gasteiger partial charge in [-0.25, -0.2) is 19.6 Å². The summed E-state index contributed by atoms with van der Waals surface area (Å²) in [7, 11) is 0. The van der Waals surface area contributed by atoms with Crippen molar-refractivity contribution in [1.82, 2.24) is 29.6 Å². The van der Waals surface area contributed by atoms with Crippen LogP contribution in [0, 0.1) is 17.2 Å². The SMILES string of the molecule is CC(C)Cc1nc2c(cnn2C2CCN(C3(C)COC3)CC2)c(-c2ccc3c(c2)OCC(=O)N3Cc2ncc(Cl)cn2)c1C#N. The number of amides is 1. The van der Waals surface area contributed by atoms with Gasteiger partial charge in [0.05, 0.1) is 59.5 Å². The summed E-state index contributed by atoms with van der Waals surface area (Å²) >= 11 is 5.96. The van der Waals surface area contributed by atoms with E-state index in [0.717, 1.165) is 67.0 Å². The van der Waals surface area contributed by atoms with Crippen LogP contribution in [-0.4, -0.2) is 74.0 Å². The van der Waals surface area contributed by atoms with Crippen molar-refractivity contribution < 1.29 is 14.3 Å². The van der Waals surface area contributed by atoms with Gasteiger partial charge in [-0.1, -0.05) is 31.5 Å². The maximum Gasteiger partial charge on any atom is 0.265 e. The molecule has 0 radical (unpaired) electrons. The van der Waals surface area contributed by atoms with Crippen LogP contribution >= 0.6 is 11.6 Å². The molecule has 232 valence electrons. The van der Waals surface area contributed by atoms with Crippen LogP contribution in [0.2, 0.25) is 5.02 Å². The summed E-state index contributed by atoms with van der Waals surface area (Å²) in [6.07, 6.45) is 7.48. The fraction of sp³-hybridized carbons (Fsp3) is 0.455. The van der Waals surface area contributed by atoms with Crippen molar-refractivity contribution in [3.8, 4) is 22.9 Å². The molecule has 11 nitrogen and oxygen atoms in total. The second-order valence-electron chi connectivity index (χ2n) is 12.8. The van der Waals surface area contributed by atoms with Gasteiger partial charge in [-0.3, -0.25) is 14.6 Å². The van der Waals surface area contributed by atoms with Gasteiger partial charge in [-0.05, 0) is 49.8 Å². The quantitative estimate of drug-likeness (QED) is 0.280. The van der Waals surface area contributed by atoms with Crippen molar-refractivity contribution in [2.45, 2.75) is 58.2 Å². The lowest BCUT2D eigenvalue weighted by Gasteiger charge is -2.49. The van der Waals surface area contributed by atoms with Crippen molar-refractivity contribution in [2.75, 3.05) is 37.8 Å². The molecule has 2 fully saturated rings. The van der Waals surface area contributed by atoms with E-state index in [0.29, 0.717) is 40.2 Å². The fourth-order valence-corrected chi connectivity index (χ4v) is 6.75. The van der Waals surface area contributed by atoms with Gasteiger partial charge in [0.1, 0.15) is 17.6 Å². The highest BCUT2D eigenvalue weighted by atomic mass is 35.5.